The molecule has 0 radical (unpaired) electrons. The van der Waals surface area contributed by atoms with Crippen LogP contribution in [-0.4, -0.2) is 7.05 Å². The van der Waals surface area contributed by atoms with Crippen LogP contribution in [0.2, 0.25) is 0 Å². The Hall–Kier alpha value is -0.820. The highest BCUT2D eigenvalue weighted by molar-refractivity contribution is 5.26. The molecule has 120 valence electrons. The minimum absolute atomic E-state index is 0.414. The number of nitrogens with one attached hydrogen (secondary N) is 1. The minimum Gasteiger partial charge on any atom is -0.313 e. The predicted molar refractivity (Wildman–Crippen MR) is 94.6 cm³/mol. The average molecular weight is 290 g/mol. The van der Waals surface area contributed by atoms with E-state index in [0.717, 1.165) is 5.92 Å². The fourth-order valence-electron chi connectivity index (χ4n) is 3.36. The molecule has 0 aromatic heterocycles. The topological polar surface area (TPSA) is 12.0 Å². The zero-order valence-electron chi connectivity index (χ0n) is 15.2. The Morgan fingerprint density at radius 2 is 1.76 bits per heavy atom. The van der Waals surface area contributed by atoms with Crippen molar-refractivity contribution in [1.29, 1.82) is 0 Å². The lowest BCUT2D eigenvalue weighted by Crippen LogP contribution is -2.21. The van der Waals surface area contributed by atoms with Gasteiger partial charge in [0.2, 0.25) is 0 Å². The molecule has 0 aliphatic rings. The third-order valence-electron chi connectivity index (χ3n) is 3.94. The molecule has 2 atom stereocenters. The molecule has 2 unspecified atom stereocenters. The predicted octanol–water partition coefficient (Wildman–Crippen LogP) is 5.61. The van der Waals surface area contributed by atoms with Gasteiger partial charge in [0.1, 0.15) is 0 Å². The van der Waals surface area contributed by atoms with E-state index < -0.39 is 0 Å². The van der Waals surface area contributed by atoms with Gasteiger partial charge in [0.25, 0.3) is 0 Å². The maximum atomic E-state index is 3.52. The van der Waals surface area contributed by atoms with Gasteiger partial charge in [0.15, 0.2) is 0 Å². The highest BCUT2D eigenvalue weighted by Crippen LogP contribution is 2.30. The van der Waals surface area contributed by atoms with Gasteiger partial charge >= 0.3 is 0 Å². The van der Waals surface area contributed by atoms with Crippen LogP contribution in [0.4, 0.5) is 0 Å². The molecule has 0 saturated carbocycles. The minimum atomic E-state index is 0.414. The third-order valence-corrected chi connectivity index (χ3v) is 3.94. The quantitative estimate of drug-likeness (QED) is 0.688. The van der Waals surface area contributed by atoms with Gasteiger partial charge in [-0.2, -0.15) is 0 Å². The summed E-state index contributed by atoms with van der Waals surface area (Å²) in [5.41, 5.74) is 3.32. The van der Waals surface area contributed by atoms with Gasteiger partial charge < -0.3 is 5.32 Å². The van der Waals surface area contributed by atoms with E-state index in [-0.39, 0.29) is 0 Å². The molecule has 1 aromatic rings. The van der Waals surface area contributed by atoms with Gasteiger partial charge in [-0.15, -0.1) is 0 Å². The highest BCUT2D eigenvalue weighted by atomic mass is 14.9. The van der Waals surface area contributed by atoms with Crippen LogP contribution in [0.3, 0.4) is 0 Å². The Morgan fingerprint density at radius 1 is 1.10 bits per heavy atom. The third kappa shape index (κ3) is 7.13. The SMILES string of the molecule is CNC(CC(C)CC(C)(C)C)c1cccc(CC(C)C)c1. The number of rotatable bonds is 7. The van der Waals surface area contributed by atoms with Gasteiger partial charge in [0, 0.05) is 6.04 Å². The molecule has 1 rings (SSSR count). The molecule has 1 N–H and O–H groups in total. The lowest BCUT2D eigenvalue weighted by Gasteiger charge is -2.27. The van der Waals surface area contributed by atoms with E-state index in [2.05, 4.69) is 78.2 Å². The lowest BCUT2D eigenvalue weighted by molar-refractivity contribution is 0.279. The van der Waals surface area contributed by atoms with E-state index >= 15 is 0 Å². The molecule has 21 heavy (non-hydrogen) atoms. The van der Waals surface area contributed by atoms with Crippen LogP contribution in [0.1, 0.15) is 71.6 Å². The van der Waals surface area contributed by atoms with Crippen molar-refractivity contribution in [2.45, 2.75) is 66.8 Å². The second-order valence-electron chi connectivity index (χ2n) is 8.29. The van der Waals surface area contributed by atoms with Crippen molar-refractivity contribution in [1.82, 2.24) is 5.32 Å². The van der Waals surface area contributed by atoms with Crippen molar-refractivity contribution in [3.05, 3.63) is 35.4 Å². The first-order valence-corrected chi connectivity index (χ1v) is 8.47. The maximum absolute atomic E-state index is 3.52. The maximum Gasteiger partial charge on any atom is 0.0320 e. The molecule has 0 aliphatic carbocycles. The van der Waals surface area contributed by atoms with Crippen LogP contribution < -0.4 is 5.32 Å². The van der Waals surface area contributed by atoms with Crippen molar-refractivity contribution >= 4 is 0 Å². The highest BCUT2D eigenvalue weighted by Gasteiger charge is 2.19. The molecular formula is C20H35N. The van der Waals surface area contributed by atoms with Crippen molar-refractivity contribution in [3.8, 4) is 0 Å². The van der Waals surface area contributed by atoms with Gasteiger partial charge in [0.05, 0.1) is 0 Å². The second kappa shape index (κ2) is 7.98. The molecule has 0 aliphatic heterocycles. The molecule has 1 nitrogen and oxygen atoms in total. The summed E-state index contributed by atoms with van der Waals surface area (Å²) in [5.74, 6) is 1.45. The molecule has 0 bridgehead atoms. The summed E-state index contributed by atoms with van der Waals surface area (Å²) in [6.45, 7) is 14.0. The van der Waals surface area contributed by atoms with Crippen LogP contribution in [0.15, 0.2) is 24.3 Å². The van der Waals surface area contributed by atoms with Gasteiger partial charge in [-0.3, -0.25) is 0 Å². The van der Waals surface area contributed by atoms with Crippen LogP contribution in [-0.2, 0) is 6.42 Å². The van der Waals surface area contributed by atoms with Gasteiger partial charge in [-0.25, -0.2) is 0 Å². The fourth-order valence-corrected chi connectivity index (χ4v) is 3.36. The van der Waals surface area contributed by atoms with E-state index in [1.54, 1.807) is 0 Å². The lowest BCUT2D eigenvalue weighted by atomic mass is 9.82. The Labute approximate surface area is 132 Å². The summed E-state index contributed by atoms with van der Waals surface area (Å²) in [6, 6.07) is 9.61. The number of hydrogen-bond donors (Lipinski definition) is 1. The van der Waals surface area contributed by atoms with Crippen molar-refractivity contribution in [3.63, 3.8) is 0 Å². The van der Waals surface area contributed by atoms with E-state index in [1.165, 1.54) is 30.4 Å². The van der Waals surface area contributed by atoms with E-state index in [1.807, 2.05) is 0 Å². The van der Waals surface area contributed by atoms with Crippen molar-refractivity contribution in [2.24, 2.45) is 17.3 Å². The Balaban J connectivity index is 2.75. The largest absolute Gasteiger partial charge is 0.313 e. The van der Waals surface area contributed by atoms with E-state index in [0.29, 0.717) is 17.4 Å². The molecule has 1 heteroatoms. The van der Waals surface area contributed by atoms with Crippen LogP contribution in [0.25, 0.3) is 0 Å². The standard InChI is InChI=1S/C20H35N/c1-15(2)11-17-9-8-10-18(13-17)19(21-7)12-16(3)14-20(4,5)6/h8-10,13,15-16,19,21H,11-12,14H2,1-7H3. The number of hydrogen-bond acceptors (Lipinski definition) is 1. The number of benzene rings is 1. The molecule has 0 heterocycles. The first-order chi connectivity index (χ1) is 9.71. The Morgan fingerprint density at radius 3 is 2.29 bits per heavy atom. The Kier molecular flexibility index (Phi) is 6.93. The zero-order chi connectivity index (χ0) is 16.0. The summed E-state index contributed by atoms with van der Waals surface area (Å²) in [6.07, 6.45) is 3.65. The van der Waals surface area contributed by atoms with Crippen molar-refractivity contribution in [2.75, 3.05) is 7.05 Å². The van der Waals surface area contributed by atoms with Crippen LogP contribution in [0, 0.1) is 17.3 Å². The molecule has 0 spiro atoms. The van der Waals surface area contributed by atoms with Gasteiger partial charge in [-0.05, 0) is 54.7 Å². The van der Waals surface area contributed by atoms with Crippen LogP contribution in [0.5, 0.6) is 0 Å². The summed E-state index contributed by atoms with van der Waals surface area (Å²) in [7, 11) is 2.09. The second-order valence-corrected chi connectivity index (χ2v) is 8.29. The molecule has 0 saturated heterocycles. The Bertz CT molecular complexity index is 414. The molecule has 0 amide bonds. The van der Waals surface area contributed by atoms with E-state index in [4.69, 9.17) is 0 Å². The summed E-state index contributed by atoms with van der Waals surface area (Å²) in [5, 5.41) is 3.52. The zero-order valence-corrected chi connectivity index (χ0v) is 15.2. The van der Waals surface area contributed by atoms with Gasteiger partial charge in [-0.1, -0.05) is 65.8 Å². The monoisotopic (exact) mass is 289 g/mol. The smallest absolute Gasteiger partial charge is 0.0320 e. The average Bonchev–Trinajstić information content (AvgIpc) is 2.33. The molecule has 1 aromatic carbocycles. The first kappa shape index (κ1) is 18.2. The van der Waals surface area contributed by atoms with E-state index in [9.17, 15) is 0 Å². The fraction of sp³-hybridized carbons (Fsp3) is 0.700. The summed E-state index contributed by atoms with van der Waals surface area (Å²) in [4.78, 5) is 0. The van der Waals surface area contributed by atoms with Crippen molar-refractivity contribution < 1.29 is 0 Å². The molecular weight excluding hydrogens is 254 g/mol. The summed E-state index contributed by atoms with van der Waals surface area (Å²) < 4.78 is 0. The normalized spacial score (nSPS) is 15.2. The molecule has 0 fully saturated rings. The summed E-state index contributed by atoms with van der Waals surface area (Å²) >= 11 is 0. The van der Waals surface area contributed by atoms with Crippen LogP contribution >= 0.6 is 0 Å². The first-order valence-electron chi connectivity index (χ1n) is 8.47.